The summed E-state index contributed by atoms with van der Waals surface area (Å²) in [6.45, 7) is 9.10. The normalized spacial score (nSPS) is 26.2. The molecular formula is C16H27N3. The molecule has 0 aromatic heterocycles. The maximum Gasteiger partial charge on any atom is 0.0361 e. The van der Waals surface area contributed by atoms with Crippen molar-refractivity contribution in [1.82, 2.24) is 10.2 Å². The molecule has 0 saturated carbocycles. The van der Waals surface area contributed by atoms with E-state index in [4.69, 9.17) is 0 Å². The van der Waals surface area contributed by atoms with Gasteiger partial charge in [0, 0.05) is 51.0 Å². The van der Waals surface area contributed by atoms with E-state index in [9.17, 15) is 0 Å². The molecule has 2 rings (SSSR count). The number of piperazine rings is 1. The second-order valence-electron chi connectivity index (χ2n) is 6.02. The number of nitrogens with one attached hydrogen (secondary N) is 1. The average Bonchev–Trinajstić information content (AvgIpc) is 2.41. The number of nitrogens with zero attached hydrogens (tertiary/aromatic N) is 2. The van der Waals surface area contributed by atoms with Gasteiger partial charge in [-0.15, -0.1) is 0 Å². The fourth-order valence-electron chi connectivity index (χ4n) is 2.83. The highest BCUT2D eigenvalue weighted by atomic mass is 15.2. The molecule has 1 aliphatic heterocycles. The van der Waals surface area contributed by atoms with Crippen LogP contribution in [0.4, 0.5) is 5.69 Å². The Kier molecular flexibility index (Phi) is 4.48. The van der Waals surface area contributed by atoms with Gasteiger partial charge in [-0.25, -0.2) is 0 Å². The molecule has 0 radical (unpaired) electrons. The van der Waals surface area contributed by atoms with Crippen LogP contribution in [0.1, 0.15) is 32.4 Å². The van der Waals surface area contributed by atoms with Gasteiger partial charge in [0.05, 0.1) is 0 Å². The Morgan fingerprint density at radius 3 is 2.42 bits per heavy atom. The van der Waals surface area contributed by atoms with Gasteiger partial charge in [0.1, 0.15) is 0 Å². The highest BCUT2D eigenvalue weighted by molar-refractivity contribution is 5.46. The molecule has 1 aliphatic rings. The second-order valence-corrected chi connectivity index (χ2v) is 6.02. The van der Waals surface area contributed by atoms with E-state index in [1.807, 2.05) is 0 Å². The van der Waals surface area contributed by atoms with Gasteiger partial charge in [0.25, 0.3) is 0 Å². The first-order valence-corrected chi connectivity index (χ1v) is 7.25. The van der Waals surface area contributed by atoms with Gasteiger partial charge in [-0.3, -0.25) is 4.90 Å². The van der Waals surface area contributed by atoms with Crippen molar-refractivity contribution >= 4 is 5.69 Å². The van der Waals surface area contributed by atoms with Crippen molar-refractivity contribution in [3.8, 4) is 0 Å². The quantitative estimate of drug-likeness (QED) is 0.902. The number of hydrogen-bond donors (Lipinski definition) is 1. The zero-order valence-electron chi connectivity index (χ0n) is 12.9. The lowest BCUT2D eigenvalue weighted by Crippen LogP contribution is -2.54. The first kappa shape index (κ1) is 14.4. The summed E-state index contributed by atoms with van der Waals surface area (Å²) in [4.78, 5) is 4.75. The smallest absolute Gasteiger partial charge is 0.0361 e. The lowest BCUT2D eigenvalue weighted by Gasteiger charge is -2.41. The van der Waals surface area contributed by atoms with Crippen molar-refractivity contribution in [2.24, 2.45) is 0 Å². The van der Waals surface area contributed by atoms with Crippen LogP contribution in [0.2, 0.25) is 0 Å². The summed E-state index contributed by atoms with van der Waals surface area (Å²) in [5, 5.41) is 3.54. The summed E-state index contributed by atoms with van der Waals surface area (Å²) in [6, 6.07) is 10.6. The average molecular weight is 261 g/mol. The predicted octanol–water partition coefficient (Wildman–Crippen LogP) is 2.50. The van der Waals surface area contributed by atoms with Crippen LogP contribution in [0.25, 0.3) is 0 Å². The summed E-state index contributed by atoms with van der Waals surface area (Å²) in [7, 11) is 4.16. The van der Waals surface area contributed by atoms with Gasteiger partial charge in [-0.1, -0.05) is 12.1 Å². The van der Waals surface area contributed by atoms with Crippen molar-refractivity contribution in [2.75, 3.05) is 32.1 Å². The molecule has 0 spiro atoms. The maximum atomic E-state index is 3.54. The van der Waals surface area contributed by atoms with Gasteiger partial charge in [-0.05, 0) is 38.5 Å². The Morgan fingerprint density at radius 2 is 1.84 bits per heavy atom. The van der Waals surface area contributed by atoms with Crippen LogP contribution >= 0.6 is 0 Å². The number of rotatable bonds is 3. The van der Waals surface area contributed by atoms with Crippen molar-refractivity contribution in [3.05, 3.63) is 29.8 Å². The van der Waals surface area contributed by atoms with Gasteiger partial charge >= 0.3 is 0 Å². The van der Waals surface area contributed by atoms with Crippen LogP contribution in [-0.4, -0.2) is 44.2 Å². The molecule has 3 heteroatoms. The Labute approximate surface area is 117 Å². The molecule has 1 fully saturated rings. The third kappa shape index (κ3) is 3.28. The van der Waals surface area contributed by atoms with E-state index in [2.05, 4.69) is 74.2 Å². The highest BCUT2D eigenvalue weighted by Gasteiger charge is 2.26. The monoisotopic (exact) mass is 261 g/mol. The Hall–Kier alpha value is -1.06. The molecule has 1 aromatic carbocycles. The molecule has 0 bridgehead atoms. The molecule has 0 aliphatic carbocycles. The predicted molar refractivity (Wildman–Crippen MR) is 82.8 cm³/mol. The summed E-state index contributed by atoms with van der Waals surface area (Å²) < 4.78 is 0. The van der Waals surface area contributed by atoms with E-state index in [0.717, 1.165) is 13.1 Å². The summed E-state index contributed by atoms with van der Waals surface area (Å²) in [6.07, 6.45) is 0. The van der Waals surface area contributed by atoms with E-state index in [0.29, 0.717) is 18.1 Å². The lowest BCUT2D eigenvalue weighted by atomic mass is 10.0. The standard InChI is InChI=1S/C16H27N3/c1-12-11-19(13(2)10-17-12)14(3)15-6-8-16(9-7-15)18(4)5/h6-9,12-14,17H,10-11H2,1-5H3. The van der Waals surface area contributed by atoms with E-state index < -0.39 is 0 Å². The molecule has 0 amide bonds. The fraction of sp³-hybridized carbons (Fsp3) is 0.625. The topological polar surface area (TPSA) is 18.5 Å². The molecular weight excluding hydrogens is 234 g/mol. The summed E-state index contributed by atoms with van der Waals surface area (Å²) >= 11 is 0. The first-order valence-electron chi connectivity index (χ1n) is 7.25. The first-order chi connectivity index (χ1) is 8.99. The molecule has 3 nitrogen and oxygen atoms in total. The molecule has 3 unspecified atom stereocenters. The minimum Gasteiger partial charge on any atom is -0.378 e. The highest BCUT2D eigenvalue weighted by Crippen LogP contribution is 2.25. The zero-order valence-corrected chi connectivity index (χ0v) is 12.9. The lowest BCUT2D eigenvalue weighted by molar-refractivity contribution is 0.103. The van der Waals surface area contributed by atoms with E-state index >= 15 is 0 Å². The van der Waals surface area contributed by atoms with Crippen LogP contribution in [0.5, 0.6) is 0 Å². The molecule has 1 saturated heterocycles. The van der Waals surface area contributed by atoms with E-state index in [-0.39, 0.29) is 0 Å². The molecule has 3 atom stereocenters. The minimum absolute atomic E-state index is 0.482. The van der Waals surface area contributed by atoms with Gasteiger partial charge in [-0.2, -0.15) is 0 Å². The zero-order chi connectivity index (χ0) is 14.0. The fourth-order valence-corrected chi connectivity index (χ4v) is 2.83. The molecule has 1 N–H and O–H groups in total. The van der Waals surface area contributed by atoms with E-state index in [1.165, 1.54) is 11.3 Å². The number of benzene rings is 1. The Morgan fingerprint density at radius 1 is 1.21 bits per heavy atom. The van der Waals surface area contributed by atoms with Crippen LogP contribution < -0.4 is 10.2 Å². The largest absolute Gasteiger partial charge is 0.378 e. The van der Waals surface area contributed by atoms with Crippen molar-refractivity contribution in [3.63, 3.8) is 0 Å². The Balaban J connectivity index is 2.11. The van der Waals surface area contributed by atoms with Crippen molar-refractivity contribution < 1.29 is 0 Å². The van der Waals surface area contributed by atoms with Crippen LogP contribution in [0.15, 0.2) is 24.3 Å². The van der Waals surface area contributed by atoms with Gasteiger partial charge in [0.2, 0.25) is 0 Å². The van der Waals surface area contributed by atoms with Gasteiger partial charge < -0.3 is 10.2 Å². The maximum absolute atomic E-state index is 3.54. The molecule has 19 heavy (non-hydrogen) atoms. The molecule has 1 aromatic rings. The third-order valence-corrected chi connectivity index (χ3v) is 4.20. The SMILES string of the molecule is CC1CN(C(C)c2ccc(N(C)C)cc2)C(C)CN1. The van der Waals surface area contributed by atoms with Crippen molar-refractivity contribution in [1.29, 1.82) is 0 Å². The summed E-state index contributed by atoms with van der Waals surface area (Å²) in [5.41, 5.74) is 2.67. The van der Waals surface area contributed by atoms with Gasteiger partial charge in [0.15, 0.2) is 0 Å². The minimum atomic E-state index is 0.482. The molecule has 106 valence electrons. The molecule has 1 heterocycles. The van der Waals surface area contributed by atoms with Crippen LogP contribution in [-0.2, 0) is 0 Å². The van der Waals surface area contributed by atoms with E-state index in [1.54, 1.807) is 0 Å². The summed E-state index contributed by atoms with van der Waals surface area (Å²) in [5.74, 6) is 0. The second kappa shape index (κ2) is 5.93. The number of anilines is 1. The van der Waals surface area contributed by atoms with Crippen LogP contribution in [0.3, 0.4) is 0 Å². The Bertz CT molecular complexity index is 399. The van der Waals surface area contributed by atoms with Crippen LogP contribution in [0, 0.1) is 0 Å². The number of hydrogen-bond acceptors (Lipinski definition) is 3. The van der Waals surface area contributed by atoms with Crippen molar-refractivity contribution in [2.45, 2.75) is 38.9 Å². The third-order valence-electron chi connectivity index (χ3n) is 4.20.